The maximum Gasteiger partial charge on any atom is 0.218 e. The Bertz CT molecular complexity index is 691. The summed E-state index contributed by atoms with van der Waals surface area (Å²) >= 11 is 0. The molecule has 0 saturated heterocycles. The first-order valence-electron chi connectivity index (χ1n) is 5.62. The number of benzene rings is 1. The third-order valence-electron chi connectivity index (χ3n) is 2.70. The summed E-state index contributed by atoms with van der Waals surface area (Å²) in [6.45, 7) is 1.87. The fourth-order valence-corrected chi connectivity index (χ4v) is 1.82. The minimum absolute atomic E-state index is 0.548. The van der Waals surface area contributed by atoms with Gasteiger partial charge in [-0.15, -0.1) is 5.10 Å². The van der Waals surface area contributed by atoms with E-state index in [0.29, 0.717) is 11.7 Å². The van der Waals surface area contributed by atoms with E-state index >= 15 is 0 Å². The van der Waals surface area contributed by atoms with Crippen LogP contribution in [-0.4, -0.2) is 26.7 Å². The molecule has 0 saturated carbocycles. The molecule has 1 aromatic carbocycles. The molecule has 0 fully saturated rings. The molecule has 0 spiro atoms. The second kappa shape index (κ2) is 4.10. The van der Waals surface area contributed by atoms with Gasteiger partial charge in [-0.1, -0.05) is 30.3 Å². The minimum atomic E-state index is 0.548. The summed E-state index contributed by atoms with van der Waals surface area (Å²) in [6, 6.07) is 11.6. The highest BCUT2D eigenvalue weighted by molar-refractivity contribution is 5.58. The third-order valence-corrected chi connectivity index (χ3v) is 2.70. The molecule has 0 aliphatic carbocycles. The van der Waals surface area contributed by atoms with Gasteiger partial charge in [0.05, 0.1) is 7.11 Å². The molecule has 2 heterocycles. The van der Waals surface area contributed by atoms with E-state index in [4.69, 9.17) is 4.74 Å². The Hall–Kier alpha value is -2.43. The van der Waals surface area contributed by atoms with Crippen LogP contribution in [-0.2, 0) is 0 Å². The van der Waals surface area contributed by atoms with Gasteiger partial charge in [-0.3, -0.25) is 0 Å². The Morgan fingerprint density at radius 1 is 1.11 bits per heavy atom. The van der Waals surface area contributed by atoms with Crippen LogP contribution in [0.2, 0.25) is 0 Å². The quantitative estimate of drug-likeness (QED) is 0.688. The molecule has 90 valence electrons. The van der Waals surface area contributed by atoms with Gasteiger partial charge >= 0.3 is 0 Å². The first-order chi connectivity index (χ1) is 8.78. The zero-order valence-electron chi connectivity index (χ0n) is 10.2. The summed E-state index contributed by atoms with van der Waals surface area (Å²) in [5.74, 6) is 1.99. The van der Waals surface area contributed by atoms with Crippen molar-refractivity contribution < 1.29 is 4.74 Å². The maximum absolute atomic E-state index is 5.13. The number of ether oxygens (including phenoxy) is 1. The van der Waals surface area contributed by atoms with Crippen molar-refractivity contribution in [3.05, 3.63) is 42.2 Å². The monoisotopic (exact) mass is 240 g/mol. The van der Waals surface area contributed by atoms with Crippen molar-refractivity contribution in [2.45, 2.75) is 6.92 Å². The Labute approximate surface area is 104 Å². The third kappa shape index (κ3) is 1.69. The van der Waals surface area contributed by atoms with Crippen LogP contribution in [0.1, 0.15) is 5.82 Å². The standard InChI is InChI=1S/C13H12N4O/c1-9-14-12(18-2)8-11-15-13(16-17(9)11)10-6-4-3-5-7-10/h3-8H,1-2H3. The van der Waals surface area contributed by atoms with Gasteiger partial charge in [0.25, 0.3) is 0 Å². The topological polar surface area (TPSA) is 52.3 Å². The highest BCUT2D eigenvalue weighted by Gasteiger charge is 2.09. The van der Waals surface area contributed by atoms with E-state index in [0.717, 1.165) is 17.0 Å². The normalized spacial score (nSPS) is 10.8. The first kappa shape index (κ1) is 10.7. The van der Waals surface area contributed by atoms with Gasteiger partial charge in [-0.2, -0.15) is 9.50 Å². The Morgan fingerprint density at radius 2 is 1.89 bits per heavy atom. The molecule has 2 aromatic heterocycles. The molecule has 5 heteroatoms. The molecule has 0 bridgehead atoms. The molecular formula is C13H12N4O. The summed E-state index contributed by atoms with van der Waals surface area (Å²) in [6.07, 6.45) is 0. The number of aromatic nitrogens is 4. The Kier molecular flexibility index (Phi) is 2.44. The fraction of sp³-hybridized carbons (Fsp3) is 0.154. The summed E-state index contributed by atoms with van der Waals surface area (Å²) in [4.78, 5) is 8.75. The van der Waals surface area contributed by atoms with Crippen LogP contribution in [0.4, 0.5) is 0 Å². The smallest absolute Gasteiger partial charge is 0.218 e. The summed E-state index contributed by atoms with van der Waals surface area (Å²) in [7, 11) is 1.59. The lowest BCUT2D eigenvalue weighted by molar-refractivity contribution is 0.395. The van der Waals surface area contributed by atoms with Crippen molar-refractivity contribution >= 4 is 5.65 Å². The highest BCUT2D eigenvalue weighted by Crippen LogP contribution is 2.18. The van der Waals surface area contributed by atoms with Crippen LogP contribution in [0.25, 0.3) is 17.0 Å². The minimum Gasteiger partial charge on any atom is -0.481 e. The number of nitrogens with zero attached hydrogens (tertiary/aromatic N) is 4. The lowest BCUT2D eigenvalue weighted by Gasteiger charge is -2.00. The number of hydrogen-bond donors (Lipinski definition) is 0. The van der Waals surface area contributed by atoms with Gasteiger partial charge in [0, 0.05) is 11.6 Å². The Morgan fingerprint density at radius 3 is 2.61 bits per heavy atom. The predicted octanol–water partition coefficient (Wildman–Crippen LogP) is 2.11. The largest absolute Gasteiger partial charge is 0.481 e. The van der Waals surface area contributed by atoms with E-state index < -0.39 is 0 Å². The lowest BCUT2D eigenvalue weighted by atomic mass is 10.2. The second-order valence-electron chi connectivity index (χ2n) is 3.92. The zero-order valence-corrected chi connectivity index (χ0v) is 10.2. The number of rotatable bonds is 2. The van der Waals surface area contributed by atoms with Crippen LogP contribution in [0.5, 0.6) is 5.88 Å². The van der Waals surface area contributed by atoms with Crippen molar-refractivity contribution in [3.8, 4) is 17.3 Å². The van der Waals surface area contributed by atoms with Gasteiger partial charge in [0.1, 0.15) is 5.82 Å². The van der Waals surface area contributed by atoms with Crippen molar-refractivity contribution in [3.63, 3.8) is 0 Å². The van der Waals surface area contributed by atoms with Crippen LogP contribution < -0.4 is 4.74 Å². The van der Waals surface area contributed by atoms with Gasteiger partial charge in [-0.05, 0) is 6.92 Å². The van der Waals surface area contributed by atoms with E-state index in [-0.39, 0.29) is 0 Å². The molecule has 0 aliphatic heterocycles. The van der Waals surface area contributed by atoms with Gasteiger partial charge in [0.2, 0.25) is 5.88 Å². The van der Waals surface area contributed by atoms with Crippen molar-refractivity contribution in [2.24, 2.45) is 0 Å². The van der Waals surface area contributed by atoms with E-state index in [9.17, 15) is 0 Å². The molecule has 0 aliphatic rings. The molecule has 0 radical (unpaired) electrons. The SMILES string of the molecule is COc1cc2nc(-c3ccccc3)nn2c(C)n1. The number of aryl methyl sites for hydroxylation is 1. The van der Waals surface area contributed by atoms with Gasteiger partial charge in [0.15, 0.2) is 11.5 Å². The molecule has 0 N–H and O–H groups in total. The molecule has 3 aromatic rings. The highest BCUT2D eigenvalue weighted by atomic mass is 16.5. The van der Waals surface area contributed by atoms with E-state index in [1.54, 1.807) is 17.7 Å². The summed E-state index contributed by atoms with van der Waals surface area (Å²) in [5.41, 5.74) is 1.72. The van der Waals surface area contributed by atoms with Crippen LogP contribution in [0, 0.1) is 6.92 Å². The van der Waals surface area contributed by atoms with Crippen molar-refractivity contribution in [1.82, 2.24) is 19.6 Å². The molecule has 18 heavy (non-hydrogen) atoms. The number of hydrogen-bond acceptors (Lipinski definition) is 4. The van der Waals surface area contributed by atoms with Crippen molar-refractivity contribution in [2.75, 3.05) is 7.11 Å². The molecule has 5 nitrogen and oxygen atoms in total. The molecule has 0 atom stereocenters. The van der Waals surface area contributed by atoms with Crippen LogP contribution in [0.15, 0.2) is 36.4 Å². The lowest BCUT2D eigenvalue weighted by Crippen LogP contribution is -1.99. The van der Waals surface area contributed by atoms with Gasteiger partial charge in [-0.25, -0.2) is 4.98 Å². The molecule has 0 unspecified atom stereocenters. The number of methoxy groups -OCH3 is 1. The zero-order chi connectivity index (χ0) is 12.5. The average Bonchev–Trinajstić information content (AvgIpc) is 2.84. The first-order valence-corrected chi connectivity index (χ1v) is 5.62. The second-order valence-corrected chi connectivity index (χ2v) is 3.92. The van der Waals surface area contributed by atoms with E-state index in [1.165, 1.54) is 0 Å². The summed E-state index contributed by atoms with van der Waals surface area (Å²) in [5, 5.41) is 4.45. The Balaban J connectivity index is 2.20. The van der Waals surface area contributed by atoms with E-state index in [2.05, 4.69) is 15.1 Å². The maximum atomic E-state index is 5.13. The van der Waals surface area contributed by atoms with Crippen molar-refractivity contribution in [1.29, 1.82) is 0 Å². The van der Waals surface area contributed by atoms with Crippen LogP contribution in [0.3, 0.4) is 0 Å². The predicted molar refractivity (Wildman–Crippen MR) is 67.5 cm³/mol. The molecule has 3 rings (SSSR count). The average molecular weight is 240 g/mol. The fourth-order valence-electron chi connectivity index (χ4n) is 1.82. The summed E-state index contributed by atoms with van der Waals surface area (Å²) < 4.78 is 6.84. The number of fused-ring (bicyclic) bond motifs is 1. The van der Waals surface area contributed by atoms with Crippen LogP contribution >= 0.6 is 0 Å². The molecule has 0 amide bonds. The van der Waals surface area contributed by atoms with E-state index in [1.807, 2.05) is 37.3 Å². The molecular weight excluding hydrogens is 228 g/mol. The van der Waals surface area contributed by atoms with Gasteiger partial charge < -0.3 is 4.74 Å².